The molecule has 1 heterocycles. The number of hydrogen-bond acceptors (Lipinski definition) is 3. The maximum atomic E-state index is 11.9. The molecule has 1 atom stereocenters. The normalized spacial score (nSPS) is 22.8. The molecule has 92 valence electrons. The van der Waals surface area contributed by atoms with E-state index in [4.69, 9.17) is 0 Å². The molecular formula is C12H22N2O2. The lowest BCUT2D eigenvalue weighted by Crippen LogP contribution is -2.58. The van der Waals surface area contributed by atoms with Gasteiger partial charge in [0.15, 0.2) is 0 Å². The Hall–Kier alpha value is -0.900. The summed E-state index contributed by atoms with van der Waals surface area (Å²) in [7, 11) is 0. The van der Waals surface area contributed by atoms with Gasteiger partial charge in [0.2, 0.25) is 11.8 Å². The number of carbonyl (C=O) groups is 2. The number of piperazine rings is 1. The molecule has 1 unspecified atom stereocenters. The summed E-state index contributed by atoms with van der Waals surface area (Å²) < 4.78 is 0. The lowest BCUT2D eigenvalue weighted by Gasteiger charge is -2.32. The Balaban J connectivity index is 2.61. The molecule has 0 spiro atoms. The Bertz CT molecular complexity index is 281. The van der Waals surface area contributed by atoms with Crippen LogP contribution in [-0.2, 0) is 9.59 Å². The van der Waals surface area contributed by atoms with Crippen molar-refractivity contribution >= 4 is 11.8 Å². The van der Waals surface area contributed by atoms with E-state index < -0.39 is 0 Å². The van der Waals surface area contributed by atoms with Crippen LogP contribution in [0.3, 0.4) is 0 Å². The molecule has 0 saturated carbocycles. The molecule has 0 aromatic rings. The van der Waals surface area contributed by atoms with Crippen LogP contribution in [0, 0.1) is 5.41 Å². The highest BCUT2D eigenvalue weighted by molar-refractivity contribution is 6.01. The standard InChI is InChI=1S/C12H22N2O2/c1-5-9-11(16)14(10(15)8-13-9)7-6-12(2,3)4/h9,13H,5-8H2,1-4H3. The number of carbonyl (C=O) groups excluding carboxylic acids is 2. The first-order chi connectivity index (χ1) is 7.35. The van der Waals surface area contributed by atoms with Crippen LogP contribution in [0.25, 0.3) is 0 Å². The number of rotatable bonds is 3. The number of amides is 2. The van der Waals surface area contributed by atoms with Crippen molar-refractivity contribution in [1.29, 1.82) is 0 Å². The van der Waals surface area contributed by atoms with Crippen LogP contribution in [0.5, 0.6) is 0 Å². The van der Waals surface area contributed by atoms with Gasteiger partial charge in [0.25, 0.3) is 0 Å². The van der Waals surface area contributed by atoms with E-state index in [2.05, 4.69) is 26.1 Å². The Morgan fingerprint density at radius 3 is 2.50 bits per heavy atom. The zero-order chi connectivity index (χ0) is 12.3. The van der Waals surface area contributed by atoms with E-state index in [9.17, 15) is 9.59 Å². The minimum Gasteiger partial charge on any atom is -0.297 e. The minimum absolute atomic E-state index is 0.0667. The van der Waals surface area contributed by atoms with E-state index in [1.807, 2.05) is 6.92 Å². The molecule has 1 saturated heterocycles. The third-order valence-electron chi connectivity index (χ3n) is 2.86. The number of nitrogens with zero attached hydrogens (tertiary/aromatic N) is 1. The van der Waals surface area contributed by atoms with Gasteiger partial charge in [-0.15, -0.1) is 0 Å². The predicted molar refractivity (Wildman–Crippen MR) is 62.9 cm³/mol. The summed E-state index contributed by atoms with van der Waals surface area (Å²) in [6.07, 6.45) is 1.58. The summed E-state index contributed by atoms with van der Waals surface area (Å²) in [5, 5.41) is 2.95. The summed E-state index contributed by atoms with van der Waals surface area (Å²) in [6, 6.07) is -0.183. The van der Waals surface area contributed by atoms with Gasteiger partial charge in [0, 0.05) is 6.54 Å². The third kappa shape index (κ3) is 3.30. The fourth-order valence-electron chi connectivity index (χ4n) is 1.71. The van der Waals surface area contributed by atoms with Crippen LogP contribution in [-0.4, -0.2) is 35.8 Å². The quantitative estimate of drug-likeness (QED) is 0.735. The van der Waals surface area contributed by atoms with Gasteiger partial charge in [-0.3, -0.25) is 19.8 Å². The van der Waals surface area contributed by atoms with Crippen molar-refractivity contribution in [3.05, 3.63) is 0 Å². The molecule has 0 radical (unpaired) electrons. The van der Waals surface area contributed by atoms with E-state index in [-0.39, 0.29) is 29.8 Å². The first kappa shape index (κ1) is 13.2. The Morgan fingerprint density at radius 2 is 2.00 bits per heavy atom. The monoisotopic (exact) mass is 226 g/mol. The topological polar surface area (TPSA) is 49.4 Å². The highest BCUT2D eigenvalue weighted by Gasteiger charge is 2.32. The molecule has 16 heavy (non-hydrogen) atoms. The van der Waals surface area contributed by atoms with Crippen molar-refractivity contribution in [2.45, 2.75) is 46.6 Å². The van der Waals surface area contributed by atoms with Crippen LogP contribution in [0.4, 0.5) is 0 Å². The maximum Gasteiger partial charge on any atom is 0.246 e. The fourth-order valence-corrected chi connectivity index (χ4v) is 1.71. The second kappa shape index (κ2) is 4.95. The van der Waals surface area contributed by atoms with Crippen molar-refractivity contribution in [3.63, 3.8) is 0 Å². The van der Waals surface area contributed by atoms with Crippen molar-refractivity contribution in [1.82, 2.24) is 10.2 Å². The predicted octanol–water partition coefficient (Wildman–Crippen LogP) is 1.16. The number of hydrogen-bond donors (Lipinski definition) is 1. The second-order valence-corrected chi connectivity index (χ2v) is 5.54. The second-order valence-electron chi connectivity index (χ2n) is 5.54. The number of nitrogens with one attached hydrogen (secondary N) is 1. The van der Waals surface area contributed by atoms with Crippen LogP contribution < -0.4 is 5.32 Å². The third-order valence-corrected chi connectivity index (χ3v) is 2.86. The molecule has 4 heteroatoms. The molecule has 0 aliphatic carbocycles. The van der Waals surface area contributed by atoms with Gasteiger partial charge in [-0.1, -0.05) is 27.7 Å². The van der Waals surface area contributed by atoms with Gasteiger partial charge in [0.05, 0.1) is 12.6 Å². The molecule has 0 aromatic heterocycles. The molecule has 1 rings (SSSR count). The summed E-state index contributed by atoms with van der Waals surface area (Å²) >= 11 is 0. The largest absolute Gasteiger partial charge is 0.297 e. The van der Waals surface area contributed by atoms with Gasteiger partial charge in [-0.2, -0.15) is 0 Å². The summed E-state index contributed by atoms with van der Waals surface area (Å²) in [5.41, 5.74) is 0.146. The van der Waals surface area contributed by atoms with E-state index in [0.717, 1.165) is 12.8 Å². The van der Waals surface area contributed by atoms with Crippen molar-refractivity contribution in [3.8, 4) is 0 Å². The van der Waals surface area contributed by atoms with Gasteiger partial charge < -0.3 is 0 Å². The van der Waals surface area contributed by atoms with Crippen molar-refractivity contribution < 1.29 is 9.59 Å². The Morgan fingerprint density at radius 1 is 1.38 bits per heavy atom. The average molecular weight is 226 g/mol. The molecule has 4 nitrogen and oxygen atoms in total. The van der Waals surface area contributed by atoms with Crippen molar-refractivity contribution in [2.24, 2.45) is 5.41 Å². The zero-order valence-electron chi connectivity index (χ0n) is 10.7. The van der Waals surface area contributed by atoms with Crippen LogP contribution in [0.1, 0.15) is 40.5 Å². The number of imide groups is 1. The molecule has 1 N–H and O–H groups in total. The summed E-state index contributed by atoms with van der Waals surface area (Å²) in [4.78, 5) is 25.0. The van der Waals surface area contributed by atoms with Gasteiger partial charge in [-0.25, -0.2) is 0 Å². The summed E-state index contributed by atoms with van der Waals surface area (Å²) in [6.45, 7) is 9.12. The Labute approximate surface area is 97.4 Å². The van der Waals surface area contributed by atoms with Crippen LogP contribution in [0.2, 0.25) is 0 Å². The van der Waals surface area contributed by atoms with Gasteiger partial charge in [-0.05, 0) is 18.3 Å². The highest BCUT2D eigenvalue weighted by atomic mass is 16.2. The van der Waals surface area contributed by atoms with E-state index in [0.29, 0.717) is 6.54 Å². The van der Waals surface area contributed by atoms with E-state index in [1.165, 1.54) is 4.90 Å². The molecular weight excluding hydrogens is 204 g/mol. The first-order valence-electron chi connectivity index (χ1n) is 5.93. The zero-order valence-corrected chi connectivity index (χ0v) is 10.7. The molecule has 0 bridgehead atoms. The lowest BCUT2D eigenvalue weighted by atomic mass is 9.92. The minimum atomic E-state index is -0.183. The maximum absolute atomic E-state index is 11.9. The van der Waals surface area contributed by atoms with Crippen LogP contribution in [0.15, 0.2) is 0 Å². The van der Waals surface area contributed by atoms with Crippen molar-refractivity contribution in [2.75, 3.05) is 13.1 Å². The van der Waals surface area contributed by atoms with E-state index >= 15 is 0 Å². The molecule has 1 aliphatic rings. The summed E-state index contributed by atoms with van der Waals surface area (Å²) in [5.74, 6) is -0.165. The molecule has 0 aromatic carbocycles. The SMILES string of the molecule is CCC1NCC(=O)N(CCC(C)(C)C)C1=O. The fraction of sp³-hybridized carbons (Fsp3) is 0.833. The Kier molecular flexibility index (Phi) is 4.08. The van der Waals surface area contributed by atoms with Gasteiger partial charge >= 0.3 is 0 Å². The molecule has 1 aliphatic heterocycles. The molecule has 1 fully saturated rings. The van der Waals surface area contributed by atoms with E-state index in [1.54, 1.807) is 0 Å². The average Bonchev–Trinajstić information content (AvgIpc) is 2.16. The van der Waals surface area contributed by atoms with Gasteiger partial charge in [0.1, 0.15) is 0 Å². The smallest absolute Gasteiger partial charge is 0.246 e. The molecule has 2 amide bonds. The van der Waals surface area contributed by atoms with Crippen LogP contribution >= 0.6 is 0 Å². The first-order valence-corrected chi connectivity index (χ1v) is 5.93. The lowest BCUT2D eigenvalue weighted by molar-refractivity contribution is -0.149. The highest BCUT2D eigenvalue weighted by Crippen LogP contribution is 2.19.